The zero-order valence-corrected chi connectivity index (χ0v) is 19.5. The van der Waals surface area contributed by atoms with E-state index < -0.39 is 0 Å². The predicted octanol–water partition coefficient (Wildman–Crippen LogP) is 3.41. The van der Waals surface area contributed by atoms with Gasteiger partial charge in [0.05, 0.1) is 6.54 Å². The number of guanidine groups is 1. The first-order valence-corrected chi connectivity index (χ1v) is 9.23. The zero-order chi connectivity index (χ0) is 19.2. The molecule has 1 amide bonds. The van der Waals surface area contributed by atoms with Crippen LogP contribution in [-0.4, -0.2) is 32.3 Å². The quantitative estimate of drug-likeness (QED) is 0.296. The summed E-state index contributed by atoms with van der Waals surface area (Å²) in [6.07, 6.45) is 0. The lowest BCUT2D eigenvalue weighted by atomic mass is 10.2. The number of hydrogen-bond donors (Lipinski definition) is 3. The van der Waals surface area contributed by atoms with Gasteiger partial charge in [-0.15, -0.1) is 24.0 Å². The van der Waals surface area contributed by atoms with E-state index in [0.29, 0.717) is 12.5 Å². The second kappa shape index (κ2) is 10.5. The van der Waals surface area contributed by atoms with Crippen molar-refractivity contribution in [2.24, 2.45) is 4.99 Å². The number of aliphatic imine (C=N–C) groups is 1. The summed E-state index contributed by atoms with van der Waals surface area (Å²) in [5.41, 5.74) is 2.80. The Kier molecular flexibility index (Phi) is 8.36. The summed E-state index contributed by atoms with van der Waals surface area (Å²) in [6, 6.07) is 11.5. The molecule has 28 heavy (non-hydrogen) atoms. The standard InChI is InChI=1S/C19H21BrN4O3.HI/c1-12-3-5-14(20)8-15(12)24-18(25)10-23-19(21-2)22-9-13-4-6-16-17(7-13)27-11-26-16;/h3-8H,9-11H2,1-2H3,(H,24,25)(H2,21,22,23);1H. The van der Waals surface area contributed by atoms with Gasteiger partial charge < -0.3 is 25.4 Å². The Hall–Kier alpha value is -2.01. The van der Waals surface area contributed by atoms with Gasteiger partial charge in [0.2, 0.25) is 12.7 Å². The number of hydrogen-bond acceptors (Lipinski definition) is 4. The summed E-state index contributed by atoms with van der Waals surface area (Å²) < 4.78 is 11.6. The molecule has 0 unspecified atom stereocenters. The van der Waals surface area contributed by atoms with Crippen LogP contribution < -0.4 is 25.4 Å². The topological polar surface area (TPSA) is 84.0 Å². The van der Waals surface area contributed by atoms with Crippen LogP contribution in [0.25, 0.3) is 0 Å². The van der Waals surface area contributed by atoms with Gasteiger partial charge in [-0.3, -0.25) is 9.79 Å². The number of benzene rings is 2. The Bertz CT molecular complexity index is 876. The van der Waals surface area contributed by atoms with Crippen LogP contribution in [0.4, 0.5) is 5.69 Å². The molecule has 0 radical (unpaired) electrons. The van der Waals surface area contributed by atoms with Gasteiger partial charge in [-0.05, 0) is 42.3 Å². The molecule has 1 heterocycles. The van der Waals surface area contributed by atoms with E-state index in [1.165, 1.54) is 0 Å². The molecule has 3 N–H and O–H groups in total. The van der Waals surface area contributed by atoms with Crippen LogP contribution in [0.1, 0.15) is 11.1 Å². The minimum absolute atomic E-state index is 0. The highest BCUT2D eigenvalue weighted by atomic mass is 127. The largest absolute Gasteiger partial charge is 0.454 e. The molecule has 1 aliphatic heterocycles. The van der Waals surface area contributed by atoms with E-state index in [2.05, 4.69) is 36.9 Å². The van der Waals surface area contributed by atoms with Crippen LogP contribution >= 0.6 is 39.9 Å². The molecule has 2 aromatic rings. The van der Waals surface area contributed by atoms with Crippen LogP contribution in [-0.2, 0) is 11.3 Å². The molecule has 9 heteroatoms. The lowest BCUT2D eigenvalue weighted by Gasteiger charge is -2.13. The number of aryl methyl sites for hydroxylation is 1. The van der Waals surface area contributed by atoms with Gasteiger partial charge in [-0.25, -0.2) is 0 Å². The number of halogens is 2. The average molecular weight is 561 g/mol. The molecular weight excluding hydrogens is 539 g/mol. The van der Waals surface area contributed by atoms with Crippen LogP contribution in [0.5, 0.6) is 11.5 Å². The SMILES string of the molecule is CN=C(NCC(=O)Nc1cc(Br)ccc1C)NCc1ccc2c(c1)OCO2.I. The molecule has 0 spiro atoms. The van der Waals surface area contributed by atoms with Gasteiger partial charge in [0, 0.05) is 23.8 Å². The number of nitrogens with one attached hydrogen (secondary N) is 3. The van der Waals surface area contributed by atoms with Crippen LogP contribution in [0.15, 0.2) is 45.9 Å². The second-order valence-corrected chi connectivity index (χ2v) is 6.89. The summed E-state index contributed by atoms with van der Waals surface area (Å²) in [4.78, 5) is 16.3. The van der Waals surface area contributed by atoms with E-state index in [-0.39, 0.29) is 43.2 Å². The molecule has 1 aliphatic rings. The molecule has 0 bridgehead atoms. The third-order valence-electron chi connectivity index (χ3n) is 4.01. The number of amides is 1. The predicted molar refractivity (Wildman–Crippen MR) is 124 cm³/mol. The Balaban J connectivity index is 0.00000280. The van der Waals surface area contributed by atoms with Gasteiger partial charge in [0.25, 0.3) is 0 Å². The maximum atomic E-state index is 12.2. The number of nitrogens with zero attached hydrogens (tertiary/aromatic N) is 1. The first-order chi connectivity index (χ1) is 13.0. The molecule has 0 saturated heterocycles. The van der Waals surface area contributed by atoms with Crippen LogP contribution in [0.2, 0.25) is 0 Å². The molecule has 0 atom stereocenters. The maximum absolute atomic E-state index is 12.2. The Morgan fingerprint density at radius 3 is 2.71 bits per heavy atom. The van der Waals surface area contributed by atoms with Crippen molar-refractivity contribution in [3.05, 3.63) is 52.0 Å². The number of anilines is 1. The van der Waals surface area contributed by atoms with Crippen molar-refractivity contribution >= 4 is 57.5 Å². The maximum Gasteiger partial charge on any atom is 0.243 e. The number of ether oxygens (including phenoxy) is 2. The number of carbonyl (C=O) groups is 1. The number of rotatable bonds is 5. The molecule has 3 rings (SSSR count). The molecule has 150 valence electrons. The Morgan fingerprint density at radius 2 is 1.93 bits per heavy atom. The molecule has 7 nitrogen and oxygen atoms in total. The fraction of sp³-hybridized carbons (Fsp3) is 0.263. The summed E-state index contributed by atoms with van der Waals surface area (Å²) in [5, 5.41) is 9.06. The first kappa shape index (κ1) is 22.3. The van der Waals surface area contributed by atoms with E-state index in [9.17, 15) is 4.79 Å². The average Bonchev–Trinajstić information content (AvgIpc) is 3.12. The summed E-state index contributed by atoms with van der Waals surface area (Å²) >= 11 is 3.41. The fourth-order valence-electron chi connectivity index (χ4n) is 2.54. The van der Waals surface area contributed by atoms with Crippen molar-refractivity contribution in [2.75, 3.05) is 25.7 Å². The molecule has 2 aromatic carbocycles. The summed E-state index contributed by atoms with van der Waals surface area (Å²) in [6.45, 7) is 2.85. The van der Waals surface area contributed by atoms with E-state index in [1.54, 1.807) is 7.05 Å². The van der Waals surface area contributed by atoms with E-state index in [4.69, 9.17) is 9.47 Å². The van der Waals surface area contributed by atoms with Gasteiger partial charge >= 0.3 is 0 Å². The lowest BCUT2D eigenvalue weighted by Crippen LogP contribution is -2.41. The minimum Gasteiger partial charge on any atom is -0.454 e. The molecule has 0 fully saturated rings. The third-order valence-corrected chi connectivity index (χ3v) is 4.50. The molecule has 0 saturated carbocycles. The van der Waals surface area contributed by atoms with E-state index in [1.807, 2.05) is 43.3 Å². The molecule has 0 aliphatic carbocycles. The van der Waals surface area contributed by atoms with Crippen molar-refractivity contribution in [3.63, 3.8) is 0 Å². The van der Waals surface area contributed by atoms with E-state index in [0.717, 1.165) is 32.8 Å². The molecular formula is C19H22BrIN4O3. The Morgan fingerprint density at radius 1 is 1.14 bits per heavy atom. The van der Waals surface area contributed by atoms with Crippen LogP contribution in [0.3, 0.4) is 0 Å². The number of carbonyl (C=O) groups excluding carboxylic acids is 1. The highest BCUT2D eigenvalue weighted by Gasteiger charge is 2.13. The van der Waals surface area contributed by atoms with Crippen molar-refractivity contribution in [3.8, 4) is 11.5 Å². The smallest absolute Gasteiger partial charge is 0.243 e. The first-order valence-electron chi connectivity index (χ1n) is 8.44. The van der Waals surface area contributed by atoms with Crippen molar-refractivity contribution in [2.45, 2.75) is 13.5 Å². The highest BCUT2D eigenvalue weighted by Crippen LogP contribution is 2.32. The Labute approximate surface area is 189 Å². The monoisotopic (exact) mass is 560 g/mol. The highest BCUT2D eigenvalue weighted by molar-refractivity contribution is 14.0. The second-order valence-electron chi connectivity index (χ2n) is 5.97. The zero-order valence-electron chi connectivity index (χ0n) is 15.5. The fourth-order valence-corrected chi connectivity index (χ4v) is 2.91. The van der Waals surface area contributed by atoms with E-state index >= 15 is 0 Å². The van der Waals surface area contributed by atoms with Gasteiger partial charge in [0.1, 0.15) is 0 Å². The minimum atomic E-state index is -0.151. The number of fused-ring (bicyclic) bond motifs is 1. The summed E-state index contributed by atoms with van der Waals surface area (Å²) in [5.74, 6) is 1.87. The van der Waals surface area contributed by atoms with Gasteiger partial charge in [-0.1, -0.05) is 28.1 Å². The van der Waals surface area contributed by atoms with Crippen LogP contribution in [0, 0.1) is 6.92 Å². The van der Waals surface area contributed by atoms with Gasteiger partial charge in [0.15, 0.2) is 17.5 Å². The van der Waals surface area contributed by atoms with Crippen molar-refractivity contribution in [1.29, 1.82) is 0 Å². The van der Waals surface area contributed by atoms with Gasteiger partial charge in [-0.2, -0.15) is 0 Å². The normalized spacial score (nSPS) is 12.2. The lowest BCUT2D eigenvalue weighted by molar-refractivity contribution is -0.115. The summed E-state index contributed by atoms with van der Waals surface area (Å²) in [7, 11) is 1.66. The third kappa shape index (κ3) is 5.99. The van der Waals surface area contributed by atoms with Crippen molar-refractivity contribution < 1.29 is 14.3 Å². The molecule has 0 aromatic heterocycles. The van der Waals surface area contributed by atoms with Crippen molar-refractivity contribution in [1.82, 2.24) is 10.6 Å².